The van der Waals surface area contributed by atoms with E-state index in [4.69, 9.17) is 25.7 Å². The number of hydrogen-bond acceptors (Lipinski definition) is 9. The Morgan fingerprint density at radius 3 is 2.67 bits per heavy atom. The zero-order valence-corrected chi connectivity index (χ0v) is 36.5. The van der Waals surface area contributed by atoms with Gasteiger partial charge in [0.2, 0.25) is 0 Å². The predicted molar refractivity (Wildman–Crippen MR) is 229 cm³/mol. The molecule has 0 bridgehead atoms. The highest BCUT2D eigenvalue weighted by molar-refractivity contribution is 6.74. The van der Waals surface area contributed by atoms with E-state index in [0.29, 0.717) is 46.5 Å². The van der Waals surface area contributed by atoms with Crippen LogP contribution in [0.15, 0.2) is 48.7 Å². The average Bonchev–Trinajstić information content (AvgIpc) is 3.89. The number of benzene rings is 2. The quantitative estimate of drug-likeness (QED) is 0.0971. The number of nitrogens with zero attached hydrogens (tertiary/aromatic N) is 7. The molecule has 8 rings (SSSR count). The average molecular weight is 837 g/mol. The second-order valence-electron chi connectivity index (χ2n) is 18.4. The predicted octanol–water partition coefficient (Wildman–Crippen LogP) is 8.89. The third kappa shape index (κ3) is 7.99. The molecule has 14 heteroatoms. The first-order valence-corrected chi connectivity index (χ1v) is 24.2. The molecule has 2 aromatic heterocycles. The van der Waals surface area contributed by atoms with Gasteiger partial charge in [-0.15, -0.1) is 0 Å². The fourth-order valence-corrected chi connectivity index (χ4v) is 10.4. The Labute approximate surface area is 346 Å². The molecule has 6 heterocycles. The van der Waals surface area contributed by atoms with Crippen molar-refractivity contribution in [2.45, 2.75) is 94.8 Å². The molecular weight excluding hydrogens is 779 g/mol. The molecule has 4 atom stereocenters. The molecule has 9 nitrogen and oxygen atoms in total. The van der Waals surface area contributed by atoms with E-state index in [1.165, 1.54) is 6.07 Å². The standard InChI is InChI=1S/C44H57ClF3N7O2Si/c1-43(2,3)58(5,6)57-23-22-54-21-16-31(54)11-8-18-53-20-15-32(27-53)52(4)41-34-25-49-39(33-12-7-10-29-13-14-35(47)37(45)36(29)33)38(48)40(34)50-42(51-41)56-28-44-17-9-19-55(44)26-30(46)24-44/h7-8,10-14,25,30-32H,9,15-24,26-28H2,1-6H3/b11-8+/t30-,31+,32-,44+/m1/s1. The van der Waals surface area contributed by atoms with Crippen LogP contribution in [0.4, 0.5) is 19.0 Å². The van der Waals surface area contributed by atoms with Crippen molar-refractivity contribution >= 4 is 47.4 Å². The molecule has 0 aliphatic carbocycles. The SMILES string of the molecule is CN(c1nc(OC[C@@]23CCCN2C[C@H](F)C3)nc2c(F)c(-c3cccc4ccc(F)c(Cl)c34)ncc12)[C@@H]1CCN(C/C=C/[C@H]2CCN2CCO[Si](C)(C)C(C)(C)C)C1. The largest absolute Gasteiger partial charge is 0.461 e. The number of anilines is 1. The van der Waals surface area contributed by atoms with E-state index in [1.807, 2.05) is 7.05 Å². The molecule has 0 N–H and O–H groups in total. The fraction of sp³-hybridized carbons (Fsp3) is 0.568. The van der Waals surface area contributed by atoms with Gasteiger partial charge in [0.15, 0.2) is 14.1 Å². The number of pyridine rings is 1. The molecule has 0 amide bonds. The second-order valence-corrected chi connectivity index (χ2v) is 23.6. The minimum Gasteiger partial charge on any atom is -0.461 e. The van der Waals surface area contributed by atoms with Gasteiger partial charge in [-0.1, -0.05) is 68.8 Å². The lowest BCUT2D eigenvalue weighted by atomic mass is 9.95. The Morgan fingerprint density at radius 2 is 1.90 bits per heavy atom. The van der Waals surface area contributed by atoms with Gasteiger partial charge in [-0.2, -0.15) is 9.97 Å². The maximum Gasteiger partial charge on any atom is 0.319 e. The summed E-state index contributed by atoms with van der Waals surface area (Å²) in [5, 5.41) is 1.60. The first kappa shape index (κ1) is 41.4. The minimum absolute atomic E-state index is 0.00691. The summed E-state index contributed by atoms with van der Waals surface area (Å²) in [6.45, 7) is 18.3. The van der Waals surface area contributed by atoms with Crippen molar-refractivity contribution in [1.29, 1.82) is 0 Å². The normalized spacial score (nSPS) is 24.7. The lowest BCUT2D eigenvalue weighted by Gasteiger charge is -2.41. The van der Waals surface area contributed by atoms with Gasteiger partial charge in [0.05, 0.1) is 15.9 Å². The highest BCUT2D eigenvalue weighted by atomic mass is 35.5. The van der Waals surface area contributed by atoms with Crippen molar-refractivity contribution in [3.8, 4) is 17.3 Å². The third-order valence-corrected chi connectivity index (χ3v) is 18.7. The van der Waals surface area contributed by atoms with Crippen molar-refractivity contribution in [2.24, 2.45) is 0 Å². The monoisotopic (exact) mass is 835 g/mol. The molecule has 4 fully saturated rings. The van der Waals surface area contributed by atoms with E-state index in [9.17, 15) is 8.78 Å². The summed E-state index contributed by atoms with van der Waals surface area (Å²) in [5.41, 5.74) is -0.00643. The van der Waals surface area contributed by atoms with E-state index in [0.717, 1.165) is 71.6 Å². The number of fused-ring (bicyclic) bond motifs is 3. The first-order valence-electron chi connectivity index (χ1n) is 20.9. The van der Waals surface area contributed by atoms with Gasteiger partial charge in [0.1, 0.15) is 35.6 Å². The van der Waals surface area contributed by atoms with Crippen LogP contribution in [-0.2, 0) is 4.43 Å². The Balaban J connectivity index is 1.01. The lowest BCUT2D eigenvalue weighted by molar-refractivity contribution is 0.0986. The van der Waals surface area contributed by atoms with Crippen LogP contribution in [0.5, 0.6) is 6.01 Å². The second kappa shape index (κ2) is 16.3. The molecule has 2 aromatic carbocycles. The highest BCUT2D eigenvalue weighted by Gasteiger charge is 2.49. The summed E-state index contributed by atoms with van der Waals surface area (Å²) < 4.78 is 59.1. The molecule has 58 heavy (non-hydrogen) atoms. The number of ether oxygens (including phenoxy) is 1. The summed E-state index contributed by atoms with van der Waals surface area (Å²) in [4.78, 5) is 23.4. The van der Waals surface area contributed by atoms with Crippen LogP contribution in [0.1, 0.15) is 52.9 Å². The molecule has 0 saturated carbocycles. The number of alkyl halides is 1. The van der Waals surface area contributed by atoms with Crippen LogP contribution < -0.4 is 9.64 Å². The number of likely N-dealkylation sites (N-methyl/N-ethyl adjacent to an activating group) is 1. The smallest absolute Gasteiger partial charge is 0.319 e. The summed E-state index contributed by atoms with van der Waals surface area (Å²) in [6, 6.07) is 8.76. The van der Waals surface area contributed by atoms with Crippen molar-refractivity contribution < 1.29 is 22.3 Å². The maximum absolute atomic E-state index is 17.0. The van der Waals surface area contributed by atoms with Crippen LogP contribution in [-0.4, -0.2) is 128 Å². The molecule has 4 saturated heterocycles. The number of likely N-dealkylation sites (tertiary alicyclic amines) is 2. The molecule has 0 spiro atoms. The van der Waals surface area contributed by atoms with Gasteiger partial charge >= 0.3 is 6.01 Å². The van der Waals surface area contributed by atoms with Crippen LogP contribution in [0, 0.1) is 11.6 Å². The summed E-state index contributed by atoms with van der Waals surface area (Å²) in [7, 11) is 0.224. The van der Waals surface area contributed by atoms with Gasteiger partial charge < -0.3 is 14.1 Å². The molecule has 0 radical (unpaired) electrons. The van der Waals surface area contributed by atoms with Crippen molar-refractivity contribution in [2.75, 3.05) is 71.0 Å². The number of hydrogen-bond donors (Lipinski definition) is 0. The van der Waals surface area contributed by atoms with Crippen molar-refractivity contribution in [3.63, 3.8) is 0 Å². The van der Waals surface area contributed by atoms with Crippen LogP contribution >= 0.6 is 11.6 Å². The maximum atomic E-state index is 17.0. The first-order chi connectivity index (χ1) is 27.6. The van der Waals surface area contributed by atoms with Gasteiger partial charge in [0, 0.05) is 88.6 Å². The van der Waals surface area contributed by atoms with Crippen LogP contribution in [0.25, 0.3) is 32.9 Å². The van der Waals surface area contributed by atoms with Crippen LogP contribution in [0.3, 0.4) is 0 Å². The summed E-state index contributed by atoms with van der Waals surface area (Å²) in [6.07, 6.45) is 9.57. The summed E-state index contributed by atoms with van der Waals surface area (Å²) in [5.74, 6) is -0.753. The number of aromatic nitrogens is 3. The fourth-order valence-electron chi connectivity index (χ4n) is 9.12. The van der Waals surface area contributed by atoms with E-state index in [-0.39, 0.29) is 39.9 Å². The van der Waals surface area contributed by atoms with E-state index < -0.39 is 31.7 Å². The minimum atomic E-state index is -1.76. The van der Waals surface area contributed by atoms with Crippen molar-refractivity contribution in [3.05, 3.63) is 65.3 Å². The Morgan fingerprint density at radius 1 is 1.07 bits per heavy atom. The lowest BCUT2D eigenvalue weighted by Crippen LogP contribution is -2.49. The molecule has 4 aliphatic rings. The Bertz CT molecular complexity index is 2190. The molecule has 0 unspecified atom stereocenters. The topological polar surface area (TPSA) is 70.1 Å². The highest BCUT2D eigenvalue weighted by Crippen LogP contribution is 2.42. The Kier molecular flexibility index (Phi) is 11.6. The Hall–Kier alpha value is -3.33. The van der Waals surface area contributed by atoms with Gasteiger partial charge in [-0.25, -0.2) is 13.2 Å². The van der Waals surface area contributed by atoms with Crippen LogP contribution in [0.2, 0.25) is 23.2 Å². The van der Waals surface area contributed by atoms with E-state index in [2.05, 4.69) is 75.6 Å². The van der Waals surface area contributed by atoms with Gasteiger partial charge in [-0.05, 0) is 61.8 Å². The third-order valence-electron chi connectivity index (χ3n) is 13.7. The molecule has 312 valence electrons. The summed E-state index contributed by atoms with van der Waals surface area (Å²) >= 11 is 6.47. The van der Waals surface area contributed by atoms with E-state index in [1.54, 1.807) is 30.5 Å². The zero-order valence-electron chi connectivity index (χ0n) is 34.7. The molecule has 4 aromatic rings. The molecular formula is C44H57ClF3N7O2Si. The van der Waals surface area contributed by atoms with Crippen molar-refractivity contribution in [1.82, 2.24) is 29.7 Å². The number of rotatable bonds is 13. The van der Waals surface area contributed by atoms with Gasteiger partial charge in [-0.3, -0.25) is 19.7 Å². The molecule has 4 aliphatic heterocycles. The number of halogens is 4. The van der Waals surface area contributed by atoms with Gasteiger partial charge in [0.25, 0.3) is 0 Å². The van der Waals surface area contributed by atoms with E-state index >= 15 is 4.39 Å². The zero-order chi connectivity index (χ0) is 41.0.